The number of aromatic nitrogens is 3. The molecule has 0 aliphatic carbocycles. The predicted octanol–water partition coefficient (Wildman–Crippen LogP) is 0.740. The van der Waals surface area contributed by atoms with Crippen LogP contribution in [0.3, 0.4) is 0 Å². The fourth-order valence-corrected chi connectivity index (χ4v) is 1.42. The highest BCUT2D eigenvalue weighted by atomic mass is 16.3. The number of hydrogen-bond acceptors (Lipinski definition) is 4. The average Bonchev–Trinajstić information content (AvgIpc) is 2.60. The summed E-state index contributed by atoms with van der Waals surface area (Å²) in [6.45, 7) is 2.22. The maximum atomic E-state index is 9.65. The van der Waals surface area contributed by atoms with E-state index in [9.17, 15) is 5.11 Å². The molecular formula is C10H12N4O. The molecule has 0 atom stereocenters. The minimum atomic E-state index is 0.175. The Hall–Kier alpha value is -1.88. The standard InChI is InChI=1S/C10H12N4O/c1-7-8(6-11)12-13-14(7)9-4-2-3-5-10(9)15/h2-5,15H,6,11H2,1H3. The molecule has 2 rings (SSSR count). The summed E-state index contributed by atoms with van der Waals surface area (Å²) < 4.78 is 1.58. The van der Waals surface area contributed by atoms with Crippen molar-refractivity contribution in [2.45, 2.75) is 13.5 Å². The molecule has 0 saturated carbocycles. The van der Waals surface area contributed by atoms with Gasteiger partial charge < -0.3 is 10.8 Å². The number of benzene rings is 1. The molecule has 1 heterocycles. The Morgan fingerprint density at radius 2 is 2.13 bits per heavy atom. The maximum Gasteiger partial charge on any atom is 0.141 e. The zero-order valence-electron chi connectivity index (χ0n) is 8.38. The van der Waals surface area contributed by atoms with Crippen molar-refractivity contribution in [2.75, 3.05) is 0 Å². The Bertz CT molecular complexity index is 478. The number of hydrogen-bond donors (Lipinski definition) is 2. The zero-order valence-corrected chi connectivity index (χ0v) is 8.38. The number of rotatable bonds is 2. The molecule has 0 aliphatic rings. The molecule has 0 aliphatic heterocycles. The van der Waals surface area contributed by atoms with Crippen LogP contribution in [0.4, 0.5) is 0 Å². The first-order valence-corrected chi connectivity index (χ1v) is 4.63. The normalized spacial score (nSPS) is 10.5. The van der Waals surface area contributed by atoms with Crippen molar-refractivity contribution in [3.63, 3.8) is 0 Å². The molecule has 0 unspecified atom stereocenters. The maximum absolute atomic E-state index is 9.65. The predicted molar refractivity (Wildman–Crippen MR) is 55.7 cm³/mol. The molecule has 3 N–H and O–H groups in total. The van der Waals surface area contributed by atoms with Crippen molar-refractivity contribution in [2.24, 2.45) is 5.73 Å². The molecule has 5 nitrogen and oxygen atoms in total. The van der Waals surface area contributed by atoms with E-state index < -0.39 is 0 Å². The molecule has 78 valence electrons. The molecule has 5 heteroatoms. The summed E-state index contributed by atoms with van der Waals surface area (Å²) in [4.78, 5) is 0. The minimum Gasteiger partial charge on any atom is -0.506 e. The lowest BCUT2D eigenvalue weighted by molar-refractivity contribution is 0.469. The molecule has 0 saturated heterocycles. The lowest BCUT2D eigenvalue weighted by atomic mass is 10.2. The Kier molecular flexibility index (Phi) is 2.39. The van der Waals surface area contributed by atoms with E-state index in [4.69, 9.17) is 5.73 Å². The van der Waals surface area contributed by atoms with Gasteiger partial charge in [-0.1, -0.05) is 17.3 Å². The second-order valence-electron chi connectivity index (χ2n) is 3.23. The number of para-hydroxylation sites is 2. The summed E-state index contributed by atoms with van der Waals surface area (Å²) in [5.41, 5.74) is 7.70. The molecule has 0 bridgehead atoms. The van der Waals surface area contributed by atoms with Crippen LogP contribution in [-0.2, 0) is 6.54 Å². The van der Waals surface area contributed by atoms with Gasteiger partial charge in [0.05, 0.1) is 11.4 Å². The smallest absolute Gasteiger partial charge is 0.141 e. The van der Waals surface area contributed by atoms with Crippen molar-refractivity contribution in [3.05, 3.63) is 35.7 Å². The van der Waals surface area contributed by atoms with Gasteiger partial charge in [0, 0.05) is 6.54 Å². The zero-order chi connectivity index (χ0) is 10.8. The van der Waals surface area contributed by atoms with Crippen LogP contribution >= 0.6 is 0 Å². The van der Waals surface area contributed by atoms with E-state index in [0.29, 0.717) is 12.2 Å². The summed E-state index contributed by atoms with van der Waals surface area (Å²) in [6, 6.07) is 6.98. The van der Waals surface area contributed by atoms with Crippen LogP contribution in [0.15, 0.2) is 24.3 Å². The van der Waals surface area contributed by atoms with Crippen LogP contribution in [0.25, 0.3) is 5.69 Å². The van der Waals surface area contributed by atoms with Crippen LogP contribution in [-0.4, -0.2) is 20.1 Å². The van der Waals surface area contributed by atoms with Crippen molar-refractivity contribution in [3.8, 4) is 11.4 Å². The van der Waals surface area contributed by atoms with Crippen molar-refractivity contribution in [1.82, 2.24) is 15.0 Å². The van der Waals surface area contributed by atoms with Gasteiger partial charge in [0.2, 0.25) is 0 Å². The van der Waals surface area contributed by atoms with E-state index in [1.165, 1.54) is 0 Å². The van der Waals surface area contributed by atoms with Gasteiger partial charge in [-0.2, -0.15) is 0 Å². The monoisotopic (exact) mass is 204 g/mol. The van der Waals surface area contributed by atoms with Crippen molar-refractivity contribution in [1.29, 1.82) is 0 Å². The number of aromatic hydroxyl groups is 1. The molecule has 1 aromatic carbocycles. The van der Waals surface area contributed by atoms with Gasteiger partial charge in [0.15, 0.2) is 0 Å². The Morgan fingerprint density at radius 1 is 1.40 bits per heavy atom. The number of phenols is 1. The van der Waals surface area contributed by atoms with Gasteiger partial charge in [0.25, 0.3) is 0 Å². The van der Waals surface area contributed by atoms with Crippen LogP contribution in [0.5, 0.6) is 5.75 Å². The van der Waals surface area contributed by atoms with Crippen LogP contribution < -0.4 is 5.73 Å². The number of nitrogens with two attached hydrogens (primary N) is 1. The van der Waals surface area contributed by atoms with Crippen molar-refractivity contribution < 1.29 is 5.11 Å². The number of nitrogens with zero attached hydrogens (tertiary/aromatic N) is 3. The van der Waals surface area contributed by atoms with Gasteiger partial charge in [0.1, 0.15) is 11.4 Å². The van der Waals surface area contributed by atoms with E-state index in [0.717, 1.165) is 11.4 Å². The lowest BCUT2D eigenvalue weighted by Gasteiger charge is -2.05. The van der Waals surface area contributed by atoms with Gasteiger partial charge in [-0.15, -0.1) is 5.10 Å². The summed E-state index contributed by atoms with van der Waals surface area (Å²) in [5, 5.41) is 17.5. The first-order valence-electron chi connectivity index (χ1n) is 4.63. The van der Waals surface area contributed by atoms with Crippen LogP contribution in [0, 0.1) is 6.92 Å². The second kappa shape index (κ2) is 3.70. The summed E-state index contributed by atoms with van der Waals surface area (Å²) >= 11 is 0. The molecule has 2 aromatic rings. The fourth-order valence-electron chi connectivity index (χ4n) is 1.42. The topological polar surface area (TPSA) is 77.0 Å². The molecular weight excluding hydrogens is 192 g/mol. The highest BCUT2D eigenvalue weighted by Gasteiger charge is 2.10. The first kappa shape index (κ1) is 9.67. The molecule has 15 heavy (non-hydrogen) atoms. The third-order valence-corrected chi connectivity index (χ3v) is 2.29. The SMILES string of the molecule is Cc1c(CN)nnn1-c1ccccc1O. The van der Waals surface area contributed by atoms with Crippen LogP contribution in [0.1, 0.15) is 11.4 Å². The first-order chi connectivity index (χ1) is 7.24. The quantitative estimate of drug-likeness (QED) is 0.756. The Balaban J connectivity index is 2.55. The van der Waals surface area contributed by atoms with Gasteiger partial charge in [-0.3, -0.25) is 0 Å². The minimum absolute atomic E-state index is 0.175. The number of phenolic OH excluding ortho intramolecular Hbond substituents is 1. The van der Waals surface area contributed by atoms with Gasteiger partial charge in [-0.05, 0) is 19.1 Å². The highest BCUT2D eigenvalue weighted by Crippen LogP contribution is 2.21. The van der Waals surface area contributed by atoms with Crippen molar-refractivity contribution >= 4 is 0 Å². The summed E-state index contributed by atoms with van der Waals surface area (Å²) in [5.74, 6) is 0.175. The molecule has 0 radical (unpaired) electrons. The summed E-state index contributed by atoms with van der Waals surface area (Å²) in [7, 11) is 0. The van der Waals surface area contributed by atoms with E-state index in [-0.39, 0.29) is 5.75 Å². The fraction of sp³-hybridized carbons (Fsp3) is 0.200. The van der Waals surface area contributed by atoms with Gasteiger partial charge >= 0.3 is 0 Å². The summed E-state index contributed by atoms with van der Waals surface area (Å²) in [6.07, 6.45) is 0. The molecule has 1 aromatic heterocycles. The third-order valence-electron chi connectivity index (χ3n) is 2.29. The van der Waals surface area contributed by atoms with E-state index in [2.05, 4.69) is 10.3 Å². The van der Waals surface area contributed by atoms with E-state index >= 15 is 0 Å². The van der Waals surface area contributed by atoms with Gasteiger partial charge in [-0.25, -0.2) is 4.68 Å². The van der Waals surface area contributed by atoms with E-state index in [1.807, 2.05) is 13.0 Å². The van der Waals surface area contributed by atoms with E-state index in [1.54, 1.807) is 22.9 Å². The van der Waals surface area contributed by atoms with Crippen LogP contribution in [0.2, 0.25) is 0 Å². The Labute approximate surface area is 87.1 Å². The molecule has 0 amide bonds. The lowest BCUT2D eigenvalue weighted by Crippen LogP contribution is -2.02. The Morgan fingerprint density at radius 3 is 2.73 bits per heavy atom. The third kappa shape index (κ3) is 1.57. The second-order valence-corrected chi connectivity index (χ2v) is 3.23. The largest absolute Gasteiger partial charge is 0.506 e. The highest BCUT2D eigenvalue weighted by molar-refractivity contribution is 5.45. The average molecular weight is 204 g/mol. The molecule has 0 fully saturated rings. The molecule has 0 spiro atoms.